The summed E-state index contributed by atoms with van der Waals surface area (Å²) in [5.74, 6) is 0.796. The summed E-state index contributed by atoms with van der Waals surface area (Å²) < 4.78 is 0. The van der Waals surface area contributed by atoms with Crippen LogP contribution in [0.2, 0.25) is 0 Å². The molecule has 0 aliphatic carbocycles. The molecule has 0 atom stereocenters. The average Bonchev–Trinajstić information content (AvgIpc) is 2.79. The normalized spacial score (nSPS) is 17.2. The van der Waals surface area contributed by atoms with Crippen molar-refractivity contribution in [3.05, 3.63) is 58.8 Å². The lowest BCUT2D eigenvalue weighted by atomic mass is 9.99. The molecular formula is C26H30N6. The summed E-state index contributed by atoms with van der Waals surface area (Å²) in [7, 11) is 0. The van der Waals surface area contributed by atoms with Gasteiger partial charge in [-0.2, -0.15) is 10.4 Å². The molecule has 6 nitrogen and oxygen atoms in total. The van der Waals surface area contributed by atoms with E-state index < -0.39 is 0 Å². The molecule has 32 heavy (non-hydrogen) atoms. The number of rotatable bonds is 5. The minimum atomic E-state index is 0.611. The molecule has 0 spiro atoms. The van der Waals surface area contributed by atoms with E-state index in [-0.39, 0.29) is 0 Å². The molecule has 2 aliphatic heterocycles. The molecule has 6 heteroatoms. The van der Waals surface area contributed by atoms with E-state index in [0.717, 1.165) is 52.5 Å². The zero-order chi connectivity index (χ0) is 22.1. The number of hydrogen-bond acceptors (Lipinski definition) is 6. The van der Waals surface area contributed by atoms with Gasteiger partial charge >= 0.3 is 0 Å². The van der Waals surface area contributed by atoms with Crippen LogP contribution in [0.5, 0.6) is 0 Å². The maximum atomic E-state index is 9.32. The third kappa shape index (κ3) is 3.89. The highest BCUT2D eigenvalue weighted by Crippen LogP contribution is 2.31. The second kappa shape index (κ2) is 8.76. The molecule has 1 aromatic heterocycles. The van der Waals surface area contributed by atoms with Crippen molar-refractivity contribution in [1.82, 2.24) is 15.1 Å². The van der Waals surface area contributed by atoms with Gasteiger partial charge in [-0.3, -0.25) is 0 Å². The summed E-state index contributed by atoms with van der Waals surface area (Å²) >= 11 is 0. The number of fused-ring (bicyclic) bond motifs is 1. The molecule has 0 unspecified atom stereocenters. The average molecular weight is 427 g/mol. The van der Waals surface area contributed by atoms with Crippen LogP contribution in [0.15, 0.2) is 36.4 Å². The number of nitriles is 1. The van der Waals surface area contributed by atoms with Crippen LogP contribution in [0.4, 0.5) is 11.5 Å². The molecule has 0 bridgehead atoms. The lowest BCUT2D eigenvalue weighted by molar-refractivity contribution is 0.100. The summed E-state index contributed by atoms with van der Waals surface area (Å²) in [5.41, 5.74) is 5.03. The van der Waals surface area contributed by atoms with Crippen molar-refractivity contribution < 1.29 is 0 Å². The smallest absolute Gasteiger partial charge is 0.156 e. The number of nitrogens with zero attached hydrogens (tertiary/aromatic N) is 5. The lowest BCUT2D eigenvalue weighted by Gasteiger charge is -2.43. The number of anilines is 2. The minimum absolute atomic E-state index is 0.611. The first-order chi connectivity index (χ1) is 15.6. The van der Waals surface area contributed by atoms with Gasteiger partial charge in [-0.05, 0) is 75.5 Å². The zero-order valence-electron chi connectivity index (χ0n) is 18.9. The Hall–Kier alpha value is -3.17. The van der Waals surface area contributed by atoms with Gasteiger partial charge in [0.2, 0.25) is 0 Å². The van der Waals surface area contributed by atoms with E-state index in [1.807, 2.05) is 26.0 Å². The van der Waals surface area contributed by atoms with E-state index in [9.17, 15) is 5.26 Å². The van der Waals surface area contributed by atoms with Crippen LogP contribution >= 0.6 is 0 Å². The molecule has 2 aliphatic rings. The lowest BCUT2D eigenvalue weighted by Crippen LogP contribution is -2.50. The molecule has 2 aromatic carbocycles. The van der Waals surface area contributed by atoms with Crippen LogP contribution in [-0.2, 0) is 6.54 Å². The summed E-state index contributed by atoms with van der Waals surface area (Å²) in [6.45, 7) is 9.39. The second-order valence-electron chi connectivity index (χ2n) is 9.03. The standard InChI is InChI=1S/C26H30N6/c1-18-20(16-27)5-3-6-21(18)17-28-26-25-15-23(7-8-24(25)19(2)29-30-26)32-13-9-22(10-14-32)31-11-4-12-31/h3,5-8,15,22H,4,9-14,17H2,1-2H3,(H,28,30). The van der Waals surface area contributed by atoms with Gasteiger partial charge in [-0.1, -0.05) is 18.2 Å². The highest BCUT2D eigenvalue weighted by Gasteiger charge is 2.28. The number of hydrogen-bond donors (Lipinski definition) is 1. The van der Waals surface area contributed by atoms with Crippen molar-refractivity contribution in [2.24, 2.45) is 0 Å². The van der Waals surface area contributed by atoms with Gasteiger partial charge in [-0.15, -0.1) is 5.10 Å². The quantitative estimate of drug-likeness (QED) is 0.652. The number of likely N-dealkylation sites (tertiary alicyclic amines) is 1. The Morgan fingerprint density at radius 2 is 1.84 bits per heavy atom. The maximum Gasteiger partial charge on any atom is 0.156 e. The Bertz CT molecular complexity index is 1170. The first kappa shape index (κ1) is 20.7. The molecule has 3 heterocycles. The Kier molecular flexibility index (Phi) is 5.67. The second-order valence-corrected chi connectivity index (χ2v) is 9.03. The predicted molar refractivity (Wildman–Crippen MR) is 129 cm³/mol. The van der Waals surface area contributed by atoms with Crippen molar-refractivity contribution in [3.63, 3.8) is 0 Å². The van der Waals surface area contributed by atoms with Crippen LogP contribution in [-0.4, -0.2) is 47.3 Å². The van der Waals surface area contributed by atoms with Crippen molar-refractivity contribution in [1.29, 1.82) is 5.26 Å². The molecule has 1 N–H and O–H groups in total. The largest absolute Gasteiger partial charge is 0.371 e. The number of aryl methyl sites for hydroxylation is 1. The summed E-state index contributed by atoms with van der Waals surface area (Å²) in [6, 6.07) is 15.6. The van der Waals surface area contributed by atoms with E-state index in [1.165, 1.54) is 38.0 Å². The van der Waals surface area contributed by atoms with Gasteiger partial charge in [0.05, 0.1) is 17.3 Å². The fourth-order valence-electron chi connectivity index (χ4n) is 4.97. The first-order valence-corrected chi connectivity index (χ1v) is 11.6. The number of nitrogens with one attached hydrogen (secondary N) is 1. The van der Waals surface area contributed by atoms with Gasteiger partial charge in [0, 0.05) is 42.1 Å². The molecule has 0 saturated carbocycles. The third-order valence-corrected chi connectivity index (χ3v) is 7.20. The van der Waals surface area contributed by atoms with Gasteiger partial charge in [-0.25, -0.2) is 0 Å². The third-order valence-electron chi connectivity index (χ3n) is 7.20. The monoisotopic (exact) mass is 426 g/mol. The zero-order valence-corrected chi connectivity index (χ0v) is 18.9. The van der Waals surface area contributed by atoms with Crippen LogP contribution in [0.25, 0.3) is 10.8 Å². The predicted octanol–water partition coefficient (Wildman–Crippen LogP) is 4.40. The van der Waals surface area contributed by atoms with Gasteiger partial charge in [0.1, 0.15) is 0 Å². The Morgan fingerprint density at radius 3 is 2.56 bits per heavy atom. The summed E-state index contributed by atoms with van der Waals surface area (Å²) in [4.78, 5) is 5.15. The number of aromatic nitrogens is 2. The van der Waals surface area contributed by atoms with E-state index in [0.29, 0.717) is 12.1 Å². The number of piperidine rings is 1. The summed E-state index contributed by atoms with van der Waals surface area (Å²) in [6.07, 6.45) is 3.85. The SMILES string of the molecule is Cc1c(C#N)cccc1CNc1nnc(C)c2ccc(N3CCC(N4CCC4)CC3)cc12. The molecule has 2 fully saturated rings. The minimum Gasteiger partial charge on any atom is -0.371 e. The first-order valence-electron chi connectivity index (χ1n) is 11.6. The van der Waals surface area contributed by atoms with E-state index in [2.05, 4.69) is 55.6 Å². The fourth-order valence-corrected chi connectivity index (χ4v) is 4.97. The van der Waals surface area contributed by atoms with Crippen LogP contribution in [0.3, 0.4) is 0 Å². The van der Waals surface area contributed by atoms with Gasteiger partial charge in [0.25, 0.3) is 0 Å². The Morgan fingerprint density at radius 1 is 1.03 bits per heavy atom. The fraction of sp³-hybridized carbons (Fsp3) is 0.423. The molecular weight excluding hydrogens is 396 g/mol. The van der Waals surface area contributed by atoms with Crippen LogP contribution in [0, 0.1) is 25.2 Å². The molecule has 2 saturated heterocycles. The maximum absolute atomic E-state index is 9.32. The van der Waals surface area contributed by atoms with Crippen molar-refractivity contribution >= 4 is 22.3 Å². The van der Waals surface area contributed by atoms with E-state index in [4.69, 9.17) is 0 Å². The van der Waals surface area contributed by atoms with Crippen molar-refractivity contribution in [3.8, 4) is 6.07 Å². The highest BCUT2D eigenvalue weighted by molar-refractivity contribution is 5.95. The van der Waals surface area contributed by atoms with Crippen molar-refractivity contribution in [2.45, 2.75) is 45.7 Å². The van der Waals surface area contributed by atoms with Gasteiger partial charge < -0.3 is 15.1 Å². The van der Waals surface area contributed by atoms with E-state index >= 15 is 0 Å². The van der Waals surface area contributed by atoms with E-state index in [1.54, 1.807) is 0 Å². The topological polar surface area (TPSA) is 68.1 Å². The van der Waals surface area contributed by atoms with Crippen LogP contribution < -0.4 is 10.2 Å². The molecule has 3 aromatic rings. The summed E-state index contributed by atoms with van der Waals surface area (Å²) in [5, 5.41) is 23.9. The molecule has 5 rings (SSSR count). The molecule has 0 amide bonds. The van der Waals surface area contributed by atoms with Gasteiger partial charge in [0.15, 0.2) is 5.82 Å². The highest BCUT2D eigenvalue weighted by atomic mass is 15.2. The molecule has 164 valence electrons. The Balaban J connectivity index is 1.38. The molecule has 0 radical (unpaired) electrons. The van der Waals surface area contributed by atoms with Crippen molar-refractivity contribution in [2.75, 3.05) is 36.4 Å². The number of benzene rings is 2. The van der Waals surface area contributed by atoms with Crippen LogP contribution in [0.1, 0.15) is 41.6 Å². The Labute approximate surface area is 189 Å².